The predicted octanol–water partition coefficient (Wildman–Crippen LogP) is 2.78. The monoisotopic (exact) mass is 289 g/mol. The molecular weight excluding hydrogens is 262 g/mol. The summed E-state index contributed by atoms with van der Waals surface area (Å²) in [5, 5.41) is 10.6. The van der Waals surface area contributed by atoms with Crippen LogP contribution < -0.4 is 0 Å². The molecule has 1 aromatic carbocycles. The van der Waals surface area contributed by atoms with E-state index in [1.807, 2.05) is 6.07 Å². The first-order chi connectivity index (χ1) is 10.1. The second kappa shape index (κ2) is 6.47. The smallest absolute Gasteiger partial charge is 0.0951 e. The topological polar surface area (TPSA) is 32.7 Å². The minimum Gasteiger partial charge on any atom is -0.387 e. The zero-order chi connectivity index (χ0) is 14.8. The van der Waals surface area contributed by atoms with Crippen LogP contribution in [-0.4, -0.2) is 41.8 Å². The van der Waals surface area contributed by atoms with Crippen molar-refractivity contribution in [2.75, 3.05) is 19.7 Å². The third kappa shape index (κ3) is 3.31. The van der Waals surface area contributed by atoms with Gasteiger partial charge in [-0.2, -0.15) is 0 Å². The molecule has 3 unspecified atom stereocenters. The van der Waals surface area contributed by atoms with Gasteiger partial charge >= 0.3 is 0 Å². The van der Waals surface area contributed by atoms with Crippen molar-refractivity contribution < 1.29 is 9.84 Å². The maximum absolute atomic E-state index is 10.6. The molecule has 3 rings (SSSR count). The van der Waals surface area contributed by atoms with E-state index in [2.05, 4.69) is 36.9 Å². The van der Waals surface area contributed by atoms with E-state index < -0.39 is 0 Å². The van der Waals surface area contributed by atoms with Gasteiger partial charge in [-0.25, -0.2) is 0 Å². The number of benzene rings is 1. The number of ether oxygens (including phenoxy) is 1. The van der Waals surface area contributed by atoms with Crippen molar-refractivity contribution in [2.45, 2.75) is 51.4 Å². The Balaban J connectivity index is 1.53. The zero-order valence-electron chi connectivity index (χ0n) is 13.2. The molecule has 3 atom stereocenters. The molecule has 0 aromatic heterocycles. The van der Waals surface area contributed by atoms with Crippen LogP contribution in [0.2, 0.25) is 0 Å². The first-order valence-corrected chi connectivity index (χ1v) is 8.26. The maximum Gasteiger partial charge on any atom is 0.0951 e. The molecule has 1 aliphatic carbocycles. The van der Waals surface area contributed by atoms with Gasteiger partial charge in [0.2, 0.25) is 0 Å². The summed E-state index contributed by atoms with van der Waals surface area (Å²) in [4.78, 5) is 2.42. The van der Waals surface area contributed by atoms with Crippen LogP contribution in [0.3, 0.4) is 0 Å². The highest BCUT2D eigenvalue weighted by Gasteiger charge is 2.38. The van der Waals surface area contributed by atoms with Gasteiger partial charge in [0.15, 0.2) is 0 Å². The molecule has 1 aromatic rings. The van der Waals surface area contributed by atoms with E-state index in [1.54, 1.807) is 0 Å². The number of nitrogens with zero attached hydrogens (tertiary/aromatic N) is 1. The Morgan fingerprint density at radius 3 is 2.90 bits per heavy atom. The van der Waals surface area contributed by atoms with Gasteiger partial charge in [0.1, 0.15) is 0 Å². The van der Waals surface area contributed by atoms with Gasteiger partial charge in [-0.15, -0.1) is 0 Å². The second-order valence-corrected chi connectivity index (χ2v) is 6.87. The molecule has 1 saturated heterocycles. The number of aliphatic hydroxyl groups is 1. The minimum absolute atomic E-state index is 0.237. The first kappa shape index (κ1) is 15.0. The number of aliphatic hydroxyl groups excluding tert-OH is 1. The highest BCUT2D eigenvalue weighted by molar-refractivity contribution is 5.36. The van der Waals surface area contributed by atoms with E-state index in [9.17, 15) is 5.11 Å². The number of rotatable bonds is 5. The summed E-state index contributed by atoms with van der Waals surface area (Å²) in [5.41, 5.74) is 2.42. The molecule has 0 saturated carbocycles. The molecule has 1 heterocycles. The summed E-state index contributed by atoms with van der Waals surface area (Å²) < 4.78 is 5.99. The lowest BCUT2D eigenvalue weighted by Gasteiger charge is -2.26. The zero-order valence-corrected chi connectivity index (χ0v) is 13.2. The van der Waals surface area contributed by atoms with Crippen LogP contribution in [0.4, 0.5) is 0 Å². The average Bonchev–Trinajstić information content (AvgIpc) is 3.04. The van der Waals surface area contributed by atoms with Crippen LogP contribution in [0.5, 0.6) is 0 Å². The fraction of sp³-hybridized carbons (Fsp3) is 0.667. The lowest BCUT2D eigenvalue weighted by molar-refractivity contribution is 0.0331. The Labute approximate surface area is 127 Å². The maximum atomic E-state index is 10.6. The van der Waals surface area contributed by atoms with Crippen LogP contribution in [0, 0.1) is 5.92 Å². The van der Waals surface area contributed by atoms with Crippen LogP contribution >= 0.6 is 0 Å². The average molecular weight is 289 g/mol. The van der Waals surface area contributed by atoms with Crippen molar-refractivity contribution in [3.05, 3.63) is 35.4 Å². The van der Waals surface area contributed by atoms with Gasteiger partial charge in [-0.05, 0) is 36.3 Å². The molecule has 0 bridgehead atoms. The summed E-state index contributed by atoms with van der Waals surface area (Å²) in [6, 6.07) is 8.53. The SMILES string of the molecule is CC(C)CCOC1CCN(C2Cc3ccccc3C2O)C1. The van der Waals surface area contributed by atoms with E-state index in [1.165, 1.54) is 5.56 Å². The molecule has 1 N–H and O–H groups in total. The minimum atomic E-state index is -0.337. The van der Waals surface area contributed by atoms with Crippen molar-refractivity contribution >= 4 is 0 Å². The standard InChI is InChI=1S/C18H27NO2/c1-13(2)8-10-21-15-7-9-19(12-15)17-11-14-5-3-4-6-16(14)18(17)20/h3-6,13,15,17-18,20H,7-12H2,1-2H3. The predicted molar refractivity (Wildman–Crippen MR) is 84.3 cm³/mol. The molecule has 0 radical (unpaired) electrons. The molecule has 0 amide bonds. The normalized spacial score (nSPS) is 29.2. The van der Waals surface area contributed by atoms with E-state index >= 15 is 0 Å². The lowest BCUT2D eigenvalue weighted by Crippen LogP contribution is -2.37. The largest absolute Gasteiger partial charge is 0.387 e. The van der Waals surface area contributed by atoms with E-state index in [0.29, 0.717) is 12.0 Å². The van der Waals surface area contributed by atoms with Crippen LogP contribution in [0.25, 0.3) is 0 Å². The molecular formula is C18H27NO2. The highest BCUT2D eigenvalue weighted by Crippen LogP contribution is 2.35. The quantitative estimate of drug-likeness (QED) is 0.905. The van der Waals surface area contributed by atoms with Crippen LogP contribution in [0.15, 0.2) is 24.3 Å². The Kier molecular flexibility index (Phi) is 4.63. The molecule has 2 aliphatic rings. The van der Waals surface area contributed by atoms with Crippen molar-refractivity contribution in [3.63, 3.8) is 0 Å². The van der Waals surface area contributed by atoms with E-state index in [0.717, 1.165) is 44.5 Å². The lowest BCUT2D eigenvalue weighted by atomic mass is 10.1. The Morgan fingerprint density at radius 1 is 1.33 bits per heavy atom. The number of likely N-dealkylation sites (tertiary alicyclic amines) is 1. The van der Waals surface area contributed by atoms with Crippen molar-refractivity contribution in [1.82, 2.24) is 4.90 Å². The van der Waals surface area contributed by atoms with Crippen LogP contribution in [-0.2, 0) is 11.2 Å². The van der Waals surface area contributed by atoms with E-state index in [4.69, 9.17) is 4.74 Å². The number of fused-ring (bicyclic) bond motifs is 1. The Hall–Kier alpha value is -0.900. The fourth-order valence-corrected chi connectivity index (χ4v) is 3.54. The Bertz CT molecular complexity index is 474. The summed E-state index contributed by atoms with van der Waals surface area (Å²) in [6.45, 7) is 7.34. The van der Waals surface area contributed by atoms with Crippen molar-refractivity contribution in [3.8, 4) is 0 Å². The number of hydrogen-bond acceptors (Lipinski definition) is 3. The van der Waals surface area contributed by atoms with Crippen molar-refractivity contribution in [2.24, 2.45) is 5.92 Å². The van der Waals surface area contributed by atoms with Gasteiger partial charge in [-0.3, -0.25) is 4.90 Å². The molecule has 0 spiro atoms. The molecule has 21 heavy (non-hydrogen) atoms. The van der Waals surface area contributed by atoms with Gasteiger partial charge in [0.05, 0.1) is 12.2 Å². The second-order valence-electron chi connectivity index (χ2n) is 6.87. The van der Waals surface area contributed by atoms with Crippen molar-refractivity contribution in [1.29, 1.82) is 0 Å². The molecule has 3 nitrogen and oxygen atoms in total. The van der Waals surface area contributed by atoms with Gasteiger partial charge in [0, 0.05) is 25.7 Å². The third-order valence-corrected chi connectivity index (χ3v) is 4.86. The molecule has 116 valence electrons. The fourth-order valence-electron chi connectivity index (χ4n) is 3.54. The first-order valence-electron chi connectivity index (χ1n) is 8.26. The molecule has 1 aliphatic heterocycles. The summed E-state index contributed by atoms with van der Waals surface area (Å²) in [7, 11) is 0. The highest BCUT2D eigenvalue weighted by atomic mass is 16.5. The Morgan fingerprint density at radius 2 is 2.14 bits per heavy atom. The van der Waals surface area contributed by atoms with E-state index in [-0.39, 0.29) is 12.1 Å². The third-order valence-electron chi connectivity index (χ3n) is 4.86. The number of hydrogen-bond donors (Lipinski definition) is 1. The van der Waals surface area contributed by atoms with Crippen LogP contribution in [0.1, 0.15) is 43.9 Å². The molecule has 3 heteroatoms. The molecule has 1 fully saturated rings. The summed E-state index contributed by atoms with van der Waals surface area (Å²) in [5.74, 6) is 0.702. The summed E-state index contributed by atoms with van der Waals surface area (Å²) >= 11 is 0. The van der Waals surface area contributed by atoms with Gasteiger partial charge in [0.25, 0.3) is 0 Å². The summed E-state index contributed by atoms with van der Waals surface area (Å²) in [6.07, 6.45) is 3.21. The van der Waals surface area contributed by atoms with Gasteiger partial charge < -0.3 is 9.84 Å². The van der Waals surface area contributed by atoms with Gasteiger partial charge in [-0.1, -0.05) is 38.1 Å².